The van der Waals surface area contributed by atoms with E-state index < -0.39 is 0 Å². The molecular formula is C16H26B2O4Se. The molecule has 2 saturated heterocycles. The van der Waals surface area contributed by atoms with Crippen LogP contribution in [0.4, 0.5) is 0 Å². The minimum atomic E-state index is -0.313. The van der Waals surface area contributed by atoms with E-state index >= 15 is 0 Å². The molecule has 0 unspecified atom stereocenters. The van der Waals surface area contributed by atoms with Crippen molar-refractivity contribution >= 4 is 38.5 Å². The molecule has 0 aliphatic carbocycles. The zero-order valence-corrected chi connectivity index (χ0v) is 17.1. The first kappa shape index (κ1) is 17.8. The van der Waals surface area contributed by atoms with E-state index in [0.717, 1.165) is 5.46 Å². The molecule has 0 spiro atoms. The van der Waals surface area contributed by atoms with Gasteiger partial charge in [0.15, 0.2) is 0 Å². The summed E-state index contributed by atoms with van der Waals surface area (Å²) in [5, 5.41) is 0. The molecule has 2 aliphatic rings. The van der Waals surface area contributed by atoms with Crippen LogP contribution < -0.4 is 9.80 Å². The topological polar surface area (TPSA) is 36.9 Å². The van der Waals surface area contributed by atoms with Crippen LogP contribution in [0.1, 0.15) is 55.4 Å². The average Bonchev–Trinajstić information content (AvgIpc) is 2.96. The summed E-state index contributed by atoms with van der Waals surface area (Å²) >= 11 is 0.208. The zero-order valence-electron chi connectivity index (χ0n) is 15.4. The molecule has 3 rings (SSSR count). The summed E-state index contributed by atoms with van der Waals surface area (Å²) < 4.78 is 25.8. The summed E-state index contributed by atoms with van der Waals surface area (Å²) in [6.07, 6.45) is 0. The molecule has 23 heavy (non-hydrogen) atoms. The SMILES string of the molecule is CC1(C)OB(c2c[se]c(B3OC(C)(C)C(C)(C)O3)c2)OC1(C)C. The van der Waals surface area contributed by atoms with Crippen molar-refractivity contribution in [2.75, 3.05) is 0 Å². The first-order valence-corrected chi connectivity index (χ1v) is 9.99. The van der Waals surface area contributed by atoms with Crippen molar-refractivity contribution in [3.63, 3.8) is 0 Å². The molecule has 4 nitrogen and oxygen atoms in total. The van der Waals surface area contributed by atoms with Gasteiger partial charge in [-0.3, -0.25) is 0 Å². The van der Waals surface area contributed by atoms with Gasteiger partial charge in [-0.25, -0.2) is 0 Å². The van der Waals surface area contributed by atoms with Crippen LogP contribution in [0.3, 0.4) is 0 Å². The molecule has 0 amide bonds. The van der Waals surface area contributed by atoms with E-state index in [1.807, 2.05) is 0 Å². The Labute approximate surface area is 146 Å². The quantitative estimate of drug-likeness (QED) is 0.723. The second-order valence-corrected chi connectivity index (χ2v) is 10.4. The van der Waals surface area contributed by atoms with Gasteiger partial charge < -0.3 is 0 Å². The molecule has 3 heterocycles. The van der Waals surface area contributed by atoms with Crippen LogP contribution in [0.25, 0.3) is 0 Å². The Balaban J connectivity index is 1.78. The molecule has 0 bridgehead atoms. The fourth-order valence-electron chi connectivity index (χ4n) is 2.55. The predicted octanol–water partition coefficient (Wildman–Crippen LogP) is 1.34. The zero-order chi connectivity index (χ0) is 17.3. The fourth-order valence-corrected chi connectivity index (χ4v) is 4.36. The molecule has 1 aromatic heterocycles. The molecule has 0 aromatic carbocycles. The maximum absolute atomic E-state index is 6.15. The number of hydrogen-bond acceptors (Lipinski definition) is 4. The molecule has 2 fully saturated rings. The Hall–Kier alpha value is -0.0306. The van der Waals surface area contributed by atoms with Gasteiger partial charge in [0.05, 0.1) is 0 Å². The van der Waals surface area contributed by atoms with Gasteiger partial charge in [0.2, 0.25) is 0 Å². The average molecular weight is 383 g/mol. The first-order chi connectivity index (χ1) is 10.3. The molecule has 0 N–H and O–H groups in total. The van der Waals surface area contributed by atoms with Crippen molar-refractivity contribution < 1.29 is 18.6 Å². The molecule has 126 valence electrons. The van der Waals surface area contributed by atoms with Crippen molar-refractivity contribution in [1.82, 2.24) is 0 Å². The van der Waals surface area contributed by atoms with Crippen molar-refractivity contribution in [3.05, 3.63) is 11.0 Å². The molecule has 0 radical (unpaired) electrons. The first-order valence-electron chi connectivity index (χ1n) is 8.14. The van der Waals surface area contributed by atoms with Crippen LogP contribution in [-0.4, -0.2) is 51.1 Å². The summed E-state index contributed by atoms with van der Waals surface area (Å²) in [5.41, 5.74) is -0.143. The van der Waals surface area contributed by atoms with Crippen LogP contribution >= 0.6 is 0 Å². The monoisotopic (exact) mass is 384 g/mol. The Morgan fingerprint density at radius 3 is 1.52 bits per heavy atom. The third kappa shape index (κ3) is 2.90. The van der Waals surface area contributed by atoms with Gasteiger partial charge in [-0.1, -0.05) is 0 Å². The van der Waals surface area contributed by atoms with E-state index in [9.17, 15) is 0 Å². The van der Waals surface area contributed by atoms with Crippen molar-refractivity contribution in [1.29, 1.82) is 0 Å². The molecule has 7 heteroatoms. The van der Waals surface area contributed by atoms with Gasteiger partial charge >= 0.3 is 146 Å². The standard InChI is InChI=1S/C16H26B2O4Se/c1-13(2)14(3,4)20-17(19-13)11-9-12(23-10-11)18-21-15(5,6)16(7,8)22-18/h9-10H,1-8H3. The summed E-state index contributed by atoms with van der Waals surface area (Å²) in [5.74, 6) is 0. The van der Waals surface area contributed by atoms with E-state index in [2.05, 4.69) is 66.4 Å². The van der Waals surface area contributed by atoms with Crippen molar-refractivity contribution in [2.45, 2.75) is 77.8 Å². The second kappa shape index (κ2) is 5.23. The third-order valence-electron chi connectivity index (χ3n) is 5.65. The molecule has 2 aliphatic heterocycles. The Bertz CT molecular complexity index is 526. The van der Waals surface area contributed by atoms with Crippen LogP contribution in [-0.2, 0) is 18.6 Å². The van der Waals surface area contributed by atoms with Gasteiger partial charge in [-0.05, 0) is 0 Å². The number of rotatable bonds is 2. The Morgan fingerprint density at radius 2 is 1.09 bits per heavy atom. The fraction of sp³-hybridized carbons (Fsp3) is 0.750. The van der Waals surface area contributed by atoms with Crippen LogP contribution in [0.15, 0.2) is 11.0 Å². The van der Waals surface area contributed by atoms with E-state index in [1.54, 1.807) is 0 Å². The third-order valence-corrected chi connectivity index (χ3v) is 7.69. The van der Waals surface area contributed by atoms with Crippen LogP contribution in [0.2, 0.25) is 0 Å². The summed E-state index contributed by atoms with van der Waals surface area (Å²) in [6, 6.07) is 2.14. The van der Waals surface area contributed by atoms with Crippen LogP contribution in [0.5, 0.6) is 0 Å². The van der Waals surface area contributed by atoms with Gasteiger partial charge in [-0.2, -0.15) is 0 Å². The molecule has 0 atom stereocenters. The van der Waals surface area contributed by atoms with E-state index in [1.165, 1.54) is 4.34 Å². The van der Waals surface area contributed by atoms with E-state index in [0.29, 0.717) is 0 Å². The van der Waals surface area contributed by atoms with Crippen molar-refractivity contribution in [3.8, 4) is 0 Å². The van der Waals surface area contributed by atoms with Gasteiger partial charge in [0.1, 0.15) is 0 Å². The Morgan fingerprint density at radius 1 is 0.696 bits per heavy atom. The second-order valence-electron chi connectivity index (χ2n) is 8.46. The molecule has 1 aromatic rings. The summed E-state index contributed by atoms with van der Waals surface area (Å²) in [6.45, 7) is 16.6. The van der Waals surface area contributed by atoms with Gasteiger partial charge in [0.25, 0.3) is 0 Å². The normalized spacial score (nSPS) is 27.7. The maximum atomic E-state index is 6.15. The van der Waals surface area contributed by atoms with Crippen LogP contribution in [0, 0.1) is 0 Å². The number of hydrogen-bond donors (Lipinski definition) is 0. The Kier molecular flexibility index (Phi) is 4.04. The van der Waals surface area contributed by atoms with Gasteiger partial charge in [-0.15, -0.1) is 0 Å². The minimum absolute atomic E-state index is 0.208. The summed E-state index contributed by atoms with van der Waals surface area (Å²) in [4.78, 5) is 2.22. The van der Waals surface area contributed by atoms with E-state index in [4.69, 9.17) is 18.6 Å². The molecule has 0 saturated carbocycles. The predicted molar refractivity (Wildman–Crippen MR) is 94.8 cm³/mol. The van der Waals surface area contributed by atoms with Crippen molar-refractivity contribution in [2.24, 2.45) is 0 Å². The van der Waals surface area contributed by atoms with Gasteiger partial charge in [0, 0.05) is 0 Å². The van der Waals surface area contributed by atoms with E-state index in [-0.39, 0.29) is 51.1 Å². The summed E-state index contributed by atoms with van der Waals surface area (Å²) in [7, 11) is -0.571. The molecular weight excluding hydrogens is 357 g/mol.